The number of benzene rings is 1. The molecule has 1 amide bonds. The third-order valence-corrected chi connectivity index (χ3v) is 3.33. The fourth-order valence-corrected chi connectivity index (χ4v) is 2.11. The molecule has 18 heavy (non-hydrogen) atoms. The van der Waals surface area contributed by atoms with E-state index in [1.54, 1.807) is 0 Å². The Morgan fingerprint density at radius 3 is 2.56 bits per heavy atom. The molecule has 0 bridgehead atoms. The van der Waals surface area contributed by atoms with Gasteiger partial charge in [-0.2, -0.15) is 0 Å². The number of carbonyl (C=O) groups is 1. The summed E-state index contributed by atoms with van der Waals surface area (Å²) in [6, 6.07) is 9.04. The van der Waals surface area contributed by atoms with E-state index in [0.717, 1.165) is 19.4 Å². The fraction of sp³-hybridized carbons (Fsp3) is 0.500. The van der Waals surface area contributed by atoms with Gasteiger partial charge in [-0.05, 0) is 30.5 Å². The molecule has 0 aromatic heterocycles. The van der Waals surface area contributed by atoms with Crippen molar-refractivity contribution in [1.82, 2.24) is 10.6 Å². The first-order chi connectivity index (χ1) is 8.65. The molecule has 2 N–H and O–H groups in total. The molecule has 0 saturated carbocycles. The van der Waals surface area contributed by atoms with E-state index < -0.39 is 0 Å². The maximum Gasteiger partial charge on any atom is 0.234 e. The minimum Gasteiger partial charge on any atom is -0.378 e. The van der Waals surface area contributed by atoms with Crippen molar-refractivity contribution in [2.45, 2.75) is 18.9 Å². The molecule has 1 aliphatic rings. The summed E-state index contributed by atoms with van der Waals surface area (Å²) in [4.78, 5) is 13.1. The van der Waals surface area contributed by atoms with Crippen molar-refractivity contribution in [3.8, 4) is 0 Å². The summed E-state index contributed by atoms with van der Waals surface area (Å²) in [5.74, 6) is 0.0987. The molecular weight excluding hydrogens is 226 g/mol. The van der Waals surface area contributed by atoms with Crippen molar-refractivity contribution in [3.05, 3.63) is 29.8 Å². The second-order valence-corrected chi connectivity index (χ2v) is 4.98. The van der Waals surface area contributed by atoms with Gasteiger partial charge in [0, 0.05) is 32.4 Å². The third kappa shape index (κ3) is 3.47. The molecule has 1 aromatic carbocycles. The van der Waals surface area contributed by atoms with Crippen molar-refractivity contribution >= 4 is 11.6 Å². The van der Waals surface area contributed by atoms with Gasteiger partial charge in [0.05, 0.1) is 6.54 Å². The molecule has 0 radical (unpaired) electrons. The van der Waals surface area contributed by atoms with Crippen molar-refractivity contribution in [3.63, 3.8) is 0 Å². The minimum atomic E-state index is 0.0987. The number of carbonyl (C=O) groups excluding carboxylic acids is 1. The zero-order valence-electron chi connectivity index (χ0n) is 11.1. The van der Waals surface area contributed by atoms with Crippen LogP contribution in [-0.4, -0.2) is 39.1 Å². The Balaban J connectivity index is 1.81. The normalized spacial score (nSPS) is 19.4. The summed E-state index contributed by atoms with van der Waals surface area (Å²) < 4.78 is 0. The number of amides is 1. The summed E-state index contributed by atoms with van der Waals surface area (Å²) in [5, 5.41) is 6.13. The quantitative estimate of drug-likeness (QED) is 0.826. The van der Waals surface area contributed by atoms with E-state index in [1.807, 2.05) is 14.1 Å². The zero-order valence-corrected chi connectivity index (χ0v) is 11.1. The van der Waals surface area contributed by atoms with Gasteiger partial charge in [0.25, 0.3) is 0 Å². The monoisotopic (exact) mass is 247 g/mol. The van der Waals surface area contributed by atoms with Gasteiger partial charge in [-0.3, -0.25) is 4.79 Å². The molecule has 1 heterocycles. The van der Waals surface area contributed by atoms with Crippen molar-refractivity contribution in [2.75, 3.05) is 32.1 Å². The first kappa shape index (κ1) is 12.9. The first-order valence-corrected chi connectivity index (χ1v) is 6.41. The van der Waals surface area contributed by atoms with E-state index in [9.17, 15) is 4.79 Å². The van der Waals surface area contributed by atoms with Gasteiger partial charge < -0.3 is 15.5 Å². The molecule has 1 aliphatic heterocycles. The molecule has 1 aromatic rings. The summed E-state index contributed by atoms with van der Waals surface area (Å²) in [5.41, 5.74) is 2.57. The summed E-state index contributed by atoms with van der Waals surface area (Å²) in [6.07, 6.45) is 2.10. The average Bonchev–Trinajstić information content (AvgIpc) is 2.38. The number of aryl methyl sites for hydroxylation is 1. The molecule has 1 atom stereocenters. The van der Waals surface area contributed by atoms with E-state index in [4.69, 9.17) is 0 Å². The lowest BCUT2D eigenvalue weighted by Crippen LogP contribution is -2.51. The number of hydrogen-bond donors (Lipinski definition) is 2. The Morgan fingerprint density at radius 2 is 2.00 bits per heavy atom. The highest BCUT2D eigenvalue weighted by Gasteiger charge is 2.16. The second-order valence-electron chi connectivity index (χ2n) is 4.98. The topological polar surface area (TPSA) is 44.4 Å². The maximum atomic E-state index is 11.0. The second kappa shape index (κ2) is 5.87. The van der Waals surface area contributed by atoms with Crippen LogP contribution in [0.5, 0.6) is 0 Å². The molecule has 1 unspecified atom stereocenters. The smallest absolute Gasteiger partial charge is 0.234 e. The van der Waals surface area contributed by atoms with E-state index in [-0.39, 0.29) is 5.91 Å². The van der Waals surface area contributed by atoms with E-state index >= 15 is 0 Å². The van der Waals surface area contributed by atoms with Crippen LogP contribution in [-0.2, 0) is 11.2 Å². The maximum absolute atomic E-state index is 11.0. The Bertz CT molecular complexity index is 390. The van der Waals surface area contributed by atoms with E-state index in [2.05, 4.69) is 39.8 Å². The Labute approximate surface area is 108 Å². The van der Waals surface area contributed by atoms with Gasteiger partial charge in [-0.15, -0.1) is 0 Å². The SMILES string of the molecule is CN(C)c1ccc(CCC2CNC(=O)CN2)cc1. The van der Waals surface area contributed by atoms with E-state index in [0.29, 0.717) is 12.6 Å². The third-order valence-electron chi connectivity index (χ3n) is 3.33. The van der Waals surface area contributed by atoms with Crippen molar-refractivity contribution < 1.29 is 4.79 Å². The van der Waals surface area contributed by atoms with E-state index in [1.165, 1.54) is 11.3 Å². The highest BCUT2D eigenvalue weighted by molar-refractivity contribution is 5.78. The van der Waals surface area contributed by atoms with Gasteiger partial charge in [-0.1, -0.05) is 12.1 Å². The standard InChI is InChI=1S/C14H21N3O/c1-17(2)13-7-4-11(5-8-13)3-6-12-9-16-14(18)10-15-12/h4-5,7-8,12,15H,3,6,9-10H2,1-2H3,(H,16,18). The summed E-state index contributed by atoms with van der Waals surface area (Å²) in [7, 11) is 4.09. The molecule has 4 nitrogen and oxygen atoms in total. The molecule has 2 rings (SSSR count). The molecule has 4 heteroatoms. The van der Waals surface area contributed by atoms with Crippen LogP contribution in [0.2, 0.25) is 0 Å². The molecule has 0 aliphatic carbocycles. The van der Waals surface area contributed by atoms with Crippen LogP contribution in [0.4, 0.5) is 5.69 Å². The lowest BCUT2D eigenvalue weighted by molar-refractivity contribution is -0.121. The largest absolute Gasteiger partial charge is 0.378 e. The first-order valence-electron chi connectivity index (χ1n) is 6.41. The molecule has 1 saturated heterocycles. The minimum absolute atomic E-state index is 0.0987. The summed E-state index contributed by atoms with van der Waals surface area (Å²) in [6.45, 7) is 1.19. The van der Waals surface area contributed by atoms with Crippen LogP contribution < -0.4 is 15.5 Å². The van der Waals surface area contributed by atoms with Crippen LogP contribution >= 0.6 is 0 Å². The van der Waals surface area contributed by atoms with Crippen molar-refractivity contribution in [1.29, 1.82) is 0 Å². The number of nitrogens with zero attached hydrogens (tertiary/aromatic N) is 1. The molecule has 98 valence electrons. The van der Waals surface area contributed by atoms with Crippen LogP contribution in [0.1, 0.15) is 12.0 Å². The number of rotatable bonds is 4. The number of hydrogen-bond acceptors (Lipinski definition) is 3. The number of anilines is 1. The highest BCUT2D eigenvalue weighted by Crippen LogP contribution is 2.14. The van der Waals surface area contributed by atoms with Crippen LogP contribution in [0.25, 0.3) is 0 Å². The Kier molecular flexibility index (Phi) is 4.20. The Hall–Kier alpha value is -1.55. The lowest BCUT2D eigenvalue weighted by Gasteiger charge is -2.24. The fourth-order valence-electron chi connectivity index (χ4n) is 2.11. The Morgan fingerprint density at radius 1 is 1.28 bits per heavy atom. The van der Waals surface area contributed by atoms with Crippen molar-refractivity contribution in [2.24, 2.45) is 0 Å². The average molecular weight is 247 g/mol. The van der Waals surface area contributed by atoms with Gasteiger partial charge in [0.15, 0.2) is 0 Å². The van der Waals surface area contributed by atoms with Gasteiger partial charge >= 0.3 is 0 Å². The van der Waals surface area contributed by atoms with Crippen LogP contribution in [0, 0.1) is 0 Å². The van der Waals surface area contributed by atoms with Crippen LogP contribution in [0.15, 0.2) is 24.3 Å². The lowest BCUT2D eigenvalue weighted by atomic mass is 10.0. The number of piperazine rings is 1. The molecule has 1 fully saturated rings. The molecule has 0 spiro atoms. The predicted molar refractivity (Wildman–Crippen MR) is 73.9 cm³/mol. The van der Waals surface area contributed by atoms with Crippen LogP contribution in [0.3, 0.4) is 0 Å². The predicted octanol–water partition coefficient (Wildman–Crippen LogP) is 0.773. The molecular formula is C14H21N3O. The van der Waals surface area contributed by atoms with Gasteiger partial charge in [-0.25, -0.2) is 0 Å². The van der Waals surface area contributed by atoms with Gasteiger partial charge in [0.1, 0.15) is 0 Å². The highest BCUT2D eigenvalue weighted by atomic mass is 16.2. The van der Waals surface area contributed by atoms with Gasteiger partial charge in [0.2, 0.25) is 5.91 Å². The summed E-state index contributed by atoms with van der Waals surface area (Å²) >= 11 is 0. The number of nitrogens with one attached hydrogen (secondary N) is 2. The zero-order chi connectivity index (χ0) is 13.0.